The topological polar surface area (TPSA) is 60.7 Å². The summed E-state index contributed by atoms with van der Waals surface area (Å²) in [6.07, 6.45) is 2.65. The van der Waals surface area contributed by atoms with Crippen molar-refractivity contribution in [2.24, 2.45) is 0 Å². The molecule has 3 nitrogen and oxygen atoms in total. The van der Waals surface area contributed by atoms with E-state index in [4.69, 9.17) is 0 Å². The first-order valence-corrected chi connectivity index (χ1v) is 7.41. The summed E-state index contributed by atoms with van der Waals surface area (Å²) in [5, 5.41) is 29.4. The monoisotopic (exact) mass is 286 g/mol. The van der Waals surface area contributed by atoms with E-state index >= 15 is 0 Å². The molecular formula is C18H22O3. The van der Waals surface area contributed by atoms with Crippen LogP contribution in [-0.2, 0) is 19.3 Å². The van der Waals surface area contributed by atoms with Crippen LogP contribution >= 0.6 is 0 Å². The summed E-state index contributed by atoms with van der Waals surface area (Å²) in [6, 6.07) is 6.93. The van der Waals surface area contributed by atoms with E-state index in [1.54, 1.807) is 0 Å². The fourth-order valence-electron chi connectivity index (χ4n) is 2.71. The molecule has 0 saturated carbocycles. The second-order valence-corrected chi connectivity index (χ2v) is 5.21. The zero-order valence-electron chi connectivity index (χ0n) is 12.8. The standard InChI is InChI=1S/C18H22O3/c1-4-11-7-12(5-2)18(13(6-3)8-11)14-9-16(20)17(21)10-15(14)19/h7-10,19-21H,4-6H2,1-3H3. The lowest BCUT2D eigenvalue weighted by atomic mass is 9.88. The summed E-state index contributed by atoms with van der Waals surface area (Å²) in [4.78, 5) is 0. The molecule has 0 unspecified atom stereocenters. The lowest BCUT2D eigenvalue weighted by Gasteiger charge is -2.17. The molecule has 0 radical (unpaired) electrons. The molecule has 0 aliphatic rings. The molecule has 112 valence electrons. The summed E-state index contributed by atoms with van der Waals surface area (Å²) in [7, 11) is 0. The van der Waals surface area contributed by atoms with Crippen LogP contribution in [0, 0.1) is 0 Å². The molecule has 0 spiro atoms. The van der Waals surface area contributed by atoms with Gasteiger partial charge in [0.2, 0.25) is 0 Å². The minimum atomic E-state index is -0.308. The Morgan fingerprint density at radius 3 is 1.67 bits per heavy atom. The molecule has 0 aliphatic heterocycles. The maximum Gasteiger partial charge on any atom is 0.161 e. The number of aromatic hydroxyl groups is 3. The van der Waals surface area contributed by atoms with E-state index in [2.05, 4.69) is 32.9 Å². The first-order valence-electron chi connectivity index (χ1n) is 7.41. The third kappa shape index (κ3) is 2.82. The van der Waals surface area contributed by atoms with Gasteiger partial charge in [-0.1, -0.05) is 32.9 Å². The summed E-state index contributed by atoms with van der Waals surface area (Å²) >= 11 is 0. The Kier molecular flexibility index (Phi) is 4.41. The van der Waals surface area contributed by atoms with Crippen molar-refractivity contribution in [3.8, 4) is 28.4 Å². The molecule has 0 atom stereocenters. The van der Waals surface area contributed by atoms with Crippen molar-refractivity contribution in [1.29, 1.82) is 0 Å². The molecule has 0 aliphatic carbocycles. The predicted molar refractivity (Wildman–Crippen MR) is 85.0 cm³/mol. The van der Waals surface area contributed by atoms with Gasteiger partial charge in [0, 0.05) is 11.6 Å². The fraction of sp³-hybridized carbons (Fsp3) is 0.333. The van der Waals surface area contributed by atoms with Crippen molar-refractivity contribution in [2.75, 3.05) is 0 Å². The summed E-state index contributed by atoms with van der Waals surface area (Å²) in [5.74, 6) is -0.539. The van der Waals surface area contributed by atoms with Crippen molar-refractivity contribution in [1.82, 2.24) is 0 Å². The quantitative estimate of drug-likeness (QED) is 0.584. The van der Waals surface area contributed by atoms with Gasteiger partial charge in [-0.2, -0.15) is 0 Å². The maximum atomic E-state index is 10.2. The molecule has 0 aromatic heterocycles. The van der Waals surface area contributed by atoms with Crippen molar-refractivity contribution in [2.45, 2.75) is 40.0 Å². The third-order valence-corrected chi connectivity index (χ3v) is 3.89. The van der Waals surface area contributed by atoms with Gasteiger partial charge in [0.25, 0.3) is 0 Å². The number of rotatable bonds is 4. The van der Waals surface area contributed by atoms with Gasteiger partial charge in [0.05, 0.1) is 0 Å². The van der Waals surface area contributed by atoms with Crippen molar-refractivity contribution >= 4 is 0 Å². The van der Waals surface area contributed by atoms with Gasteiger partial charge >= 0.3 is 0 Å². The molecule has 3 heteroatoms. The Morgan fingerprint density at radius 2 is 1.19 bits per heavy atom. The van der Waals surface area contributed by atoms with Crippen LogP contribution in [0.1, 0.15) is 37.5 Å². The Bertz CT molecular complexity index is 635. The zero-order chi connectivity index (χ0) is 15.6. The minimum absolute atomic E-state index is 0.0149. The van der Waals surface area contributed by atoms with Gasteiger partial charge in [-0.25, -0.2) is 0 Å². The Balaban J connectivity index is 2.76. The van der Waals surface area contributed by atoms with Crippen molar-refractivity contribution < 1.29 is 15.3 Å². The van der Waals surface area contributed by atoms with Crippen molar-refractivity contribution in [3.63, 3.8) is 0 Å². The van der Waals surface area contributed by atoms with E-state index in [9.17, 15) is 15.3 Å². The lowest BCUT2D eigenvalue weighted by molar-refractivity contribution is 0.397. The van der Waals surface area contributed by atoms with E-state index in [0.717, 1.165) is 36.0 Å². The fourth-order valence-corrected chi connectivity index (χ4v) is 2.71. The highest BCUT2D eigenvalue weighted by Gasteiger charge is 2.16. The van der Waals surface area contributed by atoms with Crippen LogP contribution in [0.5, 0.6) is 17.2 Å². The van der Waals surface area contributed by atoms with Crippen LogP contribution in [0.15, 0.2) is 24.3 Å². The molecule has 21 heavy (non-hydrogen) atoms. The Labute approximate surface area is 125 Å². The largest absolute Gasteiger partial charge is 0.507 e. The average Bonchev–Trinajstić information content (AvgIpc) is 2.49. The average molecular weight is 286 g/mol. The molecule has 2 aromatic rings. The number of benzene rings is 2. The van der Waals surface area contributed by atoms with Gasteiger partial charge in [0.1, 0.15) is 5.75 Å². The van der Waals surface area contributed by atoms with Crippen LogP contribution in [-0.4, -0.2) is 15.3 Å². The van der Waals surface area contributed by atoms with Gasteiger partial charge in [0.15, 0.2) is 11.5 Å². The predicted octanol–water partition coefficient (Wildman–Crippen LogP) is 4.16. The maximum absolute atomic E-state index is 10.2. The third-order valence-electron chi connectivity index (χ3n) is 3.89. The number of hydrogen-bond donors (Lipinski definition) is 3. The molecule has 2 rings (SSSR count). The van der Waals surface area contributed by atoms with Crippen LogP contribution in [0.3, 0.4) is 0 Å². The molecule has 0 heterocycles. The van der Waals surface area contributed by atoms with Gasteiger partial charge in [-0.05, 0) is 47.6 Å². The number of phenols is 3. The highest BCUT2D eigenvalue weighted by molar-refractivity contribution is 5.79. The molecule has 2 aromatic carbocycles. The van der Waals surface area contributed by atoms with Crippen molar-refractivity contribution in [3.05, 3.63) is 41.0 Å². The minimum Gasteiger partial charge on any atom is -0.507 e. The SMILES string of the molecule is CCc1cc(CC)c(-c2cc(O)c(O)cc2O)c(CC)c1. The molecular weight excluding hydrogens is 264 g/mol. The number of aryl methyl sites for hydroxylation is 3. The highest BCUT2D eigenvalue weighted by atomic mass is 16.3. The second kappa shape index (κ2) is 6.08. The van der Waals surface area contributed by atoms with E-state index in [1.165, 1.54) is 17.7 Å². The molecule has 0 amide bonds. The van der Waals surface area contributed by atoms with E-state index < -0.39 is 0 Å². The summed E-state index contributed by atoms with van der Waals surface area (Å²) in [6.45, 7) is 6.28. The first kappa shape index (κ1) is 15.2. The number of hydrogen-bond acceptors (Lipinski definition) is 3. The Morgan fingerprint density at radius 1 is 0.667 bits per heavy atom. The van der Waals surface area contributed by atoms with Gasteiger partial charge < -0.3 is 15.3 Å². The Hall–Kier alpha value is -2.16. The molecule has 0 saturated heterocycles. The van der Waals surface area contributed by atoms with Gasteiger partial charge in [-0.3, -0.25) is 0 Å². The normalized spacial score (nSPS) is 10.8. The smallest absolute Gasteiger partial charge is 0.161 e. The highest BCUT2D eigenvalue weighted by Crippen LogP contribution is 2.41. The summed E-state index contributed by atoms with van der Waals surface area (Å²) < 4.78 is 0. The van der Waals surface area contributed by atoms with Crippen LogP contribution in [0.25, 0.3) is 11.1 Å². The molecule has 3 N–H and O–H groups in total. The molecule has 0 bridgehead atoms. The zero-order valence-corrected chi connectivity index (χ0v) is 12.8. The number of phenolic OH excluding ortho intramolecular Hbond substituents is 3. The van der Waals surface area contributed by atoms with Crippen LogP contribution < -0.4 is 0 Å². The van der Waals surface area contributed by atoms with E-state index in [0.29, 0.717) is 5.56 Å². The molecule has 0 fully saturated rings. The van der Waals surface area contributed by atoms with Gasteiger partial charge in [-0.15, -0.1) is 0 Å². The first-order chi connectivity index (χ1) is 10.0. The second-order valence-electron chi connectivity index (χ2n) is 5.21. The lowest BCUT2D eigenvalue weighted by Crippen LogP contribution is -1.98. The summed E-state index contributed by atoms with van der Waals surface area (Å²) in [5.41, 5.74) is 5.10. The van der Waals surface area contributed by atoms with E-state index in [1.807, 2.05) is 0 Å². The van der Waals surface area contributed by atoms with E-state index in [-0.39, 0.29) is 17.2 Å². The van der Waals surface area contributed by atoms with Crippen LogP contribution in [0.4, 0.5) is 0 Å². The van der Waals surface area contributed by atoms with Crippen LogP contribution in [0.2, 0.25) is 0 Å².